The molecule has 0 radical (unpaired) electrons. The summed E-state index contributed by atoms with van der Waals surface area (Å²) < 4.78 is 4.44. The van der Waals surface area contributed by atoms with Gasteiger partial charge in [0.2, 0.25) is 0 Å². The lowest BCUT2D eigenvalue weighted by Crippen LogP contribution is -2.23. The van der Waals surface area contributed by atoms with Gasteiger partial charge in [0.05, 0.1) is 7.11 Å². The van der Waals surface area contributed by atoms with Crippen LogP contribution in [0.5, 0.6) is 5.75 Å². The van der Waals surface area contributed by atoms with Gasteiger partial charge in [0.1, 0.15) is 17.4 Å². The van der Waals surface area contributed by atoms with Gasteiger partial charge in [-0.05, 0) is 18.6 Å². The first kappa shape index (κ1) is 13.0. The van der Waals surface area contributed by atoms with Gasteiger partial charge < -0.3 is 20.7 Å². The van der Waals surface area contributed by atoms with Crippen molar-refractivity contribution in [3.05, 3.63) is 28.8 Å². The number of aromatic carboxylic acids is 1. The van der Waals surface area contributed by atoms with E-state index in [0.717, 1.165) is 7.11 Å². The molecule has 92 valence electrons. The third-order valence-corrected chi connectivity index (χ3v) is 2.30. The van der Waals surface area contributed by atoms with Crippen molar-refractivity contribution in [1.29, 1.82) is 0 Å². The van der Waals surface area contributed by atoms with E-state index in [-0.39, 0.29) is 11.1 Å². The lowest BCUT2D eigenvalue weighted by atomic mass is 9.99. The number of aryl methyl sites for hydroxylation is 1. The first-order valence-electron chi connectivity index (χ1n) is 4.78. The van der Waals surface area contributed by atoms with Crippen molar-refractivity contribution in [1.82, 2.24) is 0 Å². The molecular formula is C11H13NO5. The number of benzene rings is 1. The minimum Gasteiger partial charge on any atom is -0.507 e. The molecule has 0 bridgehead atoms. The minimum atomic E-state index is -1.29. The number of esters is 1. The van der Waals surface area contributed by atoms with Crippen LogP contribution >= 0.6 is 0 Å². The van der Waals surface area contributed by atoms with Crippen LogP contribution in [0.1, 0.15) is 27.5 Å². The van der Waals surface area contributed by atoms with Crippen molar-refractivity contribution in [3.63, 3.8) is 0 Å². The number of carbonyl (C=O) groups excluding carboxylic acids is 1. The van der Waals surface area contributed by atoms with Gasteiger partial charge in [-0.1, -0.05) is 6.07 Å². The SMILES string of the molecule is COC(=O)[C@@H](N)c1cc(C)cc(C(=O)O)c1O. The molecule has 0 aliphatic carbocycles. The zero-order valence-corrected chi connectivity index (χ0v) is 9.43. The maximum absolute atomic E-state index is 11.3. The average molecular weight is 239 g/mol. The number of phenols is 1. The van der Waals surface area contributed by atoms with E-state index in [1.54, 1.807) is 6.92 Å². The highest BCUT2D eigenvalue weighted by atomic mass is 16.5. The Morgan fingerprint density at radius 3 is 2.47 bits per heavy atom. The average Bonchev–Trinajstić information content (AvgIpc) is 2.29. The summed E-state index contributed by atoms with van der Waals surface area (Å²) in [6, 6.07) is 1.53. The molecule has 0 heterocycles. The monoisotopic (exact) mass is 239 g/mol. The number of carboxylic acid groups (broad SMARTS) is 1. The van der Waals surface area contributed by atoms with E-state index in [1.807, 2.05) is 0 Å². The summed E-state index contributed by atoms with van der Waals surface area (Å²) >= 11 is 0. The number of rotatable bonds is 3. The van der Waals surface area contributed by atoms with Crippen LogP contribution in [0, 0.1) is 6.92 Å². The molecule has 4 N–H and O–H groups in total. The van der Waals surface area contributed by atoms with Crippen LogP contribution in [-0.2, 0) is 9.53 Å². The van der Waals surface area contributed by atoms with E-state index in [1.165, 1.54) is 12.1 Å². The fraction of sp³-hybridized carbons (Fsp3) is 0.273. The third-order valence-electron chi connectivity index (χ3n) is 2.30. The molecule has 6 nitrogen and oxygen atoms in total. The van der Waals surface area contributed by atoms with E-state index >= 15 is 0 Å². The molecule has 1 atom stereocenters. The predicted octanol–water partition coefficient (Wildman–Crippen LogP) is 0.572. The minimum absolute atomic E-state index is 0.0363. The Balaban J connectivity index is 3.34. The molecule has 0 fully saturated rings. The number of hydrogen-bond acceptors (Lipinski definition) is 5. The van der Waals surface area contributed by atoms with Gasteiger partial charge in [-0.3, -0.25) is 4.79 Å². The van der Waals surface area contributed by atoms with Crippen LogP contribution < -0.4 is 5.73 Å². The second-order valence-electron chi connectivity index (χ2n) is 3.56. The highest BCUT2D eigenvalue weighted by Gasteiger charge is 2.23. The van der Waals surface area contributed by atoms with E-state index in [4.69, 9.17) is 10.8 Å². The van der Waals surface area contributed by atoms with Gasteiger partial charge in [-0.25, -0.2) is 4.79 Å². The third kappa shape index (κ3) is 2.54. The molecule has 0 aliphatic heterocycles. The molecule has 0 aliphatic rings. The fourth-order valence-corrected chi connectivity index (χ4v) is 1.46. The largest absolute Gasteiger partial charge is 0.507 e. The van der Waals surface area contributed by atoms with Crippen molar-refractivity contribution in [2.24, 2.45) is 5.73 Å². The van der Waals surface area contributed by atoms with E-state index in [9.17, 15) is 14.7 Å². The summed E-state index contributed by atoms with van der Waals surface area (Å²) in [6.07, 6.45) is 0. The summed E-state index contributed by atoms with van der Waals surface area (Å²) in [4.78, 5) is 22.1. The van der Waals surface area contributed by atoms with Crippen molar-refractivity contribution in [2.75, 3.05) is 7.11 Å². The van der Waals surface area contributed by atoms with E-state index < -0.39 is 23.7 Å². The van der Waals surface area contributed by atoms with Crippen molar-refractivity contribution < 1.29 is 24.5 Å². The predicted molar refractivity (Wildman–Crippen MR) is 58.7 cm³/mol. The van der Waals surface area contributed by atoms with Gasteiger partial charge in [0, 0.05) is 5.56 Å². The Kier molecular flexibility index (Phi) is 3.69. The number of aromatic hydroxyl groups is 1. The number of hydrogen-bond donors (Lipinski definition) is 3. The van der Waals surface area contributed by atoms with Crippen molar-refractivity contribution in [2.45, 2.75) is 13.0 Å². The fourth-order valence-electron chi connectivity index (χ4n) is 1.46. The van der Waals surface area contributed by atoms with Gasteiger partial charge in [0.15, 0.2) is 0 Å². The standard InChI is InChI=1S/C11H13NO5/c1-5-3-6(8(12)11(16)17-2)9(13)7(4-5)10(14)15/h3-4,8,13H,12H2,1-2H3,(H,14,15)/t8-/m0/s1. The van der Waals surface area contributed by atoms with Gasteiger partial charge in [0.25, 0.3) is 0 Å². The molecule has 0 amide bonds. The number of ether oxygens (including phenoxy) is 1. The molecule has 0 unspecified atom stereocenters. The van der Waals surface area contributed by atoms with Crippen molar-refractivity contribution >= 4 is 11.9 Å². The highest BCUT2D eigenvalue weighted by molar-refractivity contribution is 5.92. The summed E-state index contributed by atoms with van der Waals surface area (Å²) in [5.74, 6) is -2.55. The smallest absolute Gasteiger partial charge is 0.339 e. The van der Waals surface area contributed by atoms with Crippen LogP contribution in [0.15, 0.2) is 12.1 Å². The lowest BCUT2D eigenvalue weighted by Gasteiger charge is -2.13. The molecule has 0 saturated heterocycles. The van der Waals surface area contributed by atoms with Crippen molar-refractivity contribution in [3.8, 4) is 5.75 Å². The summed E-state index contributed by atoms with van der Waals surface area (Å²) in [5.41, 5.74) is 5.88. The lowest BCUT2D eigenvalue weighted by molar-refractivity contribution is -0.142. The van der Waals surface area contributed by atoms with Gasteiger partial charge in [-0.15, -0.1) is 0 Å². The van der Waals surface area contributed by atoms with Gasteiger partial charge >= 0.3 is 11.9 Å². The molecule has 0 spiro atoms. The Morgan fingerprint density at radius 2 is 2.00 bits per heavy atom. The zero-order chi connectivity index (χ0) is 13.2. The summed E-state index contributed by atoms with van der Waals surface area (Å²) in [6.45, 7) is 1.64. The molecular weight excluding hydrogens is 226 g/mol. The Labute approximate surface area is 97.6 Å². The molecule has 17 heavy (non-hydrogen) atoms. The normalized spacial score (nSPS) is 11.9. The van der Waals surface area contributed by atoms with Gasteiger partial charge in [-0.2, -0.15) is 0 Å². The topological polar surface area (TPSA) is 110 Å². The number of carbonyl (C=O) groups is 2. The number of nitrogens with two attached hydrogens (primary N) is 1. The molecule has 6 heteroatoms. The molecule has 1 rings (SSSR count). The summed E-state index contributed by atoms with van der Waals surface area (Å²) in [5, 5.41) is 18.6. The maximum atomic E-state index is 11.3. The Morgan fingerprint density at radius 1 is 1.41 bits per heavy atom. The maximum Gasteiger partial charge on any atom is 0.339 e. The van der Waals surface area contributed by atoms with Crippen LogP contribution in [0.4, 0.5) is 0 Å². The number of methoxy groups -OCH3 is 1. The van der Waals surface area contributed by atoms with Crippen LogP contribution in [0.2, 0.25) is 0 Å². The highest BCUT2D eigenvalue weighted by Crippen LogP contribution is 2.29. The van der Waals surface area contributed by atoms with Crippen LogP contribution in [0.25, 0.3) is 0 Å². The second-order valence-corrected chi connectivity index (χ2v) is 3.56. The number of carboxylic acids is 1. The van der Waals surface area contributed by atoms with E-state index in [0.29, 0.717) is 5.56 Å². The Hall–Kier alpha value is -2.08. The molecule has 1 aromatic rings. The summed E-state index contributed by atoms with van der Waals surface area (Å²) in [7, 11) is 1.16. The zero-order valence-electron chi connectivity index (χ0n) is 9.43. The first-order valence-corrected chi connectivity index (χ1v) is 4.78. The molecule has 0 saturated carbocycles. The first-order chi connectivity index (χ1) is 7.88. The van der Waals surface area contributed by atoms with E-state index in [2.05, 4.69) is 4.74 Å². The van der Waals surface area contributed by atoms with Crippen LogP contribution in [-0.4, -0.2) is 29.3 Å². The quantitative estimate of drug-likeness (QED) is 0.665. The Bertz CT molecular complexity index is 469. The molecule has 0 aromatic heterocycles. The molecule has 1 aromatic carbocycles. The second kappa shape index (κ2) is 4.84. The van der Waals surface area contributed by atoms with Crippen LogP contribution in [0.3, 0.4) is 0 Å².